The molecule has 3 aliphatic rings. The van der Waals surface area contributed by atoms with E-state index in [9.17, 15) is 29.4 Å². The van der Waals surface area contributed by atoms with Gasteiger partial charge in [-0.25, -0.2) is 18.2 Å². The zero-order valence-corrected chi connectivity index (χ0v) is 61.2. The van der Waals surface area contributed by atoms with Crippen LogP contribution in [0.1, 0.15) is 223 Å². The molecule has 9 nitrogen and oxygen atoms in total. The molecule has 3 radical (unpaired) electrons. The summed E-state index contributed by atoms with van der Waals surface area (Å²) in [5.41, 5.74) is 5.52. The van der Waals surface area contributed by atoms with Gasteiger partial charge in [-0.15, -0.1) is 30.8 Å². The number of aryl methyl sites for hydroxylation is 3. The summed E-state index contributed by atoms with van der Waals surface area (Å²) >= 11 is 5.05. The van der Waals surface area contributed by atoms with E-state index in [0.29, 0.717) is 37.8 Å². The standard InChI is InChI=1S/2C23H30NO2S.C23H28NO2S.3Y/c3*1-2-3-4-10-22(25)18-11-13-20(14-12-18)24-19(15-16-23(24)26)7-5-8-21-9-6-17-27-21;;;/h2*6,9,11-14,19,22,25H,2-5,7-8,10,15-16H2,1H3;6,9,11-14,19H,2-5,7-8,10,15-16H2,1H3;;;/q3*-1;;;/t19-,22+;19-,22-;19-;;;/m000.../s1. The van der Waals surface area contributed by atoms with Crippen molar-refractivity contribution in [2.75, 3.05) is 14.7 Å². The van der Waals surface area contributed by atoms with E-state index in [1.165, 1.54) is 14.6 Å². The molecule has 0 aliphatic carbocycles. The number of aliphatic hydroxyl groups excluding tert-OH is 2. The number of nitrogens with zero attached hydrogens (tertiary/aromatic N) is 3. The molecule has 3 saturated heterocycles. The number of hydrogen-bond donors (Lipinski definition) is 2. The Morgan fingerprint density at radius 1 is 0.464 bits per heavy atom. The van der Waals surface area contributed by atoms with Crippen molar-refractivity contribution in [3.05, 3.63) is 157 Å². The SMILES string of the molecule is CCCCCC(=O)c1ccc(N2C(=O)CC[C@@H]2CCCc2cc[c-]s2)cc1.CCCCC[C@@H](O)c1ccc(N2C(=O)CC[C@@H]2CCCc2cc[c-]s2)cc1.CCCCC[C@H](O)c1ccc(N2C(=O)CC[C@@H]2CCCc2cc[c-]s2)cc1.[Y].[Y].[Y]. The average Bonchev–Trinajstić information content (AvgIpc) is 4.56. The van der Waals surface area contributed by atoms with E-state index >= 15 is 0 Å². The molecule has 3 amide bonds. The van der Waals surface area contributed by atoms with Crippen molar-refractivity contribution in [1.82, 2.24) is 0 Å². The molecule has 2 N–H and O–H groups in total. The van der Waals surface area contributed by atoms with Crippen LogP contribution in [0.15, 0.2) is 109 Å². The van der Waals surface area contributed by atoms with Crippen LogP contribution in [0, 0.1) is 16.1 Å². The largest absolute Gasteiger partial charge is 0.388 e. The van der Waals surface area contributed by atoms with Gasteiger partial charge in [0, 0.05) is 165 Å². The zero-order chi connectivity index (χ0) is 57.2. The summed E-state index contributed by atoms with van der Waals surface area (Å²) in [5, 5.41) is 30.1. The van der Waals surface area contributed by atoms with E-state index in [0.717, 1.165) is 181 Å². The van der Waals surface area contributed by atoms with E-state index in [-0.39, 0.29) is 128 Å². The first-order valence-corrected chi connectivity index (χ1v) is 33.0. The zero-order valence-electron chi connectivity index (χ0n) is 50.2. The molecule has 9 rings (SSSR count). The first-order valence-electron chi connectivity index (χ1n) is 30.6. The second-order valence-electron chi connectivity index (χ2n) is 22.2. The maximum Gasteiger partial charge on any atom is 0.227 e. The van der Waals surface area contributed by atoms with E-state index in [2.05, 4.69) is 55.1 Å². The van der Waals surface area contributed by atoms with Crippen molar-refractivity contribution in [3.8, 4) is 0 Å². The summed E-state index contributed by atoms with van der Waals surface area (Å²) in [4.78, 5) is 59.6. The van der Waals surface area contributed by atoms with Crippen LogP contribution in [0.5, 0.6) is 0 Å². The third-order valence-electron chi connectivity index (χ3n) is 16.2. The summed E-state index contributed by atoms with van der Waals surface area (Å²) in [6, 6.07) is 36.8. The molecule has 15 heteroatoms. The third kappa shape index (κ3) is 23.8. The first kappa shape index (κ1) is 74.5. The summed E-state index contributed by atoms with van der Waals surface area (Å²) in [5.74, 6) is 0.847. The molecule has 3 aromatic carbocycles. The number of anilines is 3. The van der Waals surface area contributed by atoms with Crippen LogP contribution < -0.4 is 14.7 Å². The number of thiophene rings is 3. The van der Waals surface area contributed by atoms with Crippen LogP contribution in [-0.4, -0.2) is 51.8 Å². The molecule has 6 aromatic rings. The molecule has 0 unspecified atom stereocenters. The minimum Gasteiger partial charge on any atom is -0.388 e. The van der Waals surface area contributed by atoms with E-state index in [4.69, 9.17) is 0 Å². The Balaban J connectivity index is 0.000000266. The third-order valence-corrected chi connectivity index (χ3v) is 18.8. The number of carbonyl (C=O) groups excluding carboxylic acids is 4. The molecule has 6 heterocycles. The van der Waals surface area contributed by atoms with Gasteiger partial charge in [-0.05, 0) is 117 Å². The minimum atomic E-state index is -0.404. The Bertz CT molecular complexity index is 2620. The van der Waals surface area contributed by atoms with E-state index in [1.807, 2.05) is 106 Å². The van der Waals surface area contributed by atoms with Gasteiger partial charge in [0.05, 0.1) is 12.2 Å². The number of Topliss-reactive ketones (excluding diaryl/α,β-unsaturated/α-hetero) is 1. The summed E-state index contributed by atoms with van der Waals surface area (Å²) in [6.07, 6.45) is 25.5. The fourth-order valence-corrected chi connectivity index (χ4v) is 13.6. The molecule has 3 fully saturated rings. The van der Waals surface area contributed by atoms with Crippen LogP contribution in [0.2, 0.25) is 0 Å². The van der Waals surface area contributed by atoms with Gasteiger partial charge in [0.2, 0.25) is 17.7 Å². The van der Waals surface area contributed by atoms with Crippen LogP contribution in [0.3, 0.4) is 0 Å². The number of amides is 3. The first-order chi connectivity index (χ1) is 39.6. The number of rotatable bonds is 30. The van der Waals surface area contributed by atoms with Crippen LogP contribution >= 0.6 is 34.0 Å². The monoisotopic (exact) mass is 1420 g/mol. The van der Waals surface area contributed by atoms with Crippen LogP contribution in [0.25, 0.3) is 0 Å². The number of ketones is 1. The average molecular weight is 1420 g/mol. The van der Waals surface area contributed by atoms with Crippen LogP contribution in [0.4, 0.5) is 17.1 Å². The number of hydrogen-bond acceptors (Lipinski definition) is 9. The quantitative estimate of drug-likeness (QED) is 0.0263. The topological polar surface area (TPSA) is 118 Å². The molecule has 0 saturated carbocycles. The second-order valence-corrected chi connectivity index (χ2v) is 25.1. The fraction of sp³-hybridized carbons (Fsp3) is 0.507. The van der Waals surface area contributed by atoms with Gasteiger partial charge in [0.1, 0.15) is 0 Å². The number of aliphatic hydroxyl groups is 2. The Morgan fingerprint density at radius 3 is 1.10 bits per heavy atom. The smallest absolute Gasteiger partial charge is 0.227 e. The van der Waals surface area contributed by atoms with E-state index in [1.54, 1.807) is 34.0 Å². The summed E-state index contributed by atoms with van der Waals surface area (Å²) < 4.78 is 0. The van der Waals surface area contributed by atoms with Crippen molar-refractivity contribution >= 4 is 74.6 Å². The fourth-order valence-electron chi connectivity index (χ4n) is 11.6. The molecule has 0 bridgehead atoms. The van der Waals surface area contributed by atoms with Crippen molar-refractivity contribution < 1.29 is 128 Å². The van der Waals surface area contributed by atoms with E-state index < -0.39 is 12.2 Å². The molecular formula is C69H88N3O6S3Y3-3. The molecule has 3 aliphatic heterocycles. The van der Waals surface area contributed by atoms with Crippen LogP contribution in [-0.2, 0) is 132 Å². The number of carbonyl (C=O) groups is 4. The Morgan fingerprint density at radius 2 is 0.786 bits per heavy atom. The molecule has 3 aromatic heterocycles. The molecular weight excluding hydrogens is 1330 g/mol. The molecule has 5 atom stereocenters. The molecule has 0 spiro atoms. The number of unbranched alkanes of at least 4 members (excludes halogenated alkanes) is 6. The van der Waals surface area contributed by atoms with Gasteiger partial charge in [0.25, 0.3) is 0 Å². The second kappa shape index (κ2) is 41.4. The van der Waals surface area contributed by atoms with Gasteiger partial charge in [-0.1, -0.05) is 135 Å². The molecule has 445 valence electrons. The van der Waals surface area contributed by atoms with Crippen molar-refractivity contribution in [2.24, 2.45) is 0 Å². The number of benzene rings is 3. The van der Waals surface area contributed by atoms with Gasteiger partial charge >= 0.3 is 0 Å². The normalized spacial score (nSPS) is 17.1. The van der Waals surface area contributed by atoms with Gasteiger partial charge in [0.15, 0.2) is 5.78 Å². The van der Waals surface area contributed by atoms with Gasteiger partial charge < -0.3 is 58.9 Å². The maximum absolute atomic E-state index is 12.4. The minimum absolute atomic E-state index is 0. The summed E-state index contributed by atoms with van der Waals surface area (Å²) in [7, 11) is 0. The predicted octanol–water partition coefficient (Wildman–Crippen LogP) is 17.2. The Hall–Kier alpha value is -1.93. The van der Waals surface area contributed by atoms with Gasteiger partial charge in [-0.3, -0.25) is 19.2 Å². The predicted molar refractivity (Wildman–Crippen MR) is 336 cm³/mol. The van der Waals surface area contributed by atoms with Crippen molar-refractivity contribution in [2.45, 2.75) is 224 Å². The maximum atomic E-state index is 12.4. The summed E-state index contributed by atoms with van der Waals surface area (Å²) in [6.45, 7) is 6.48. The van der Waals surface area contributed by atoms with Crippen molar-refractivity contribution in [1.29, 1.82) is 0 Å². The Kier molecular flexibility index (Phi) is 36.7. The van der Waals surface area contributed by atoms with Crippen molar-refractivity contribution in [3.63, 3.8) is 0 Å². The van der Waals surface area contributed by atoms with Gasteiger partial charge in [-0.2, -0.15) is 18.2 Å². The Labute approximate surface area is 591 Å². The molecule has 84 heavy (non-hydrogen) atoms.